The Morgan fingerprint density at radius 3 is 2.74 bits per heavy atom. The molecule has 2 rings (SSSR count). The summed E-state index contributed by atoms with van der Waals surface area (Å²) in [7, 11) is 0. The van der Waals surface area contributed by atoms with Crippen LogP contribution in [0.1, 0.15) is 10.4 Å². The highest BCUT2D eigenvalue weighted by molar-refractivity contribution is 6.30. The van der Waals surface area contributed by atoms with Crippen LogP contribution in [0.4, 0.5) is 10.1 Å². The number of halogens is 2. The highest BCUT2D eigenvalue weighted by Crippen LogP contribution is 2.18. The molecule has 0 unspecified atom stereocenters. The minimum Gasteiger partial charge on any atom is -0.477 e. The molecule has 120 valence electrons. The molecular weight excluding hydrogens is 331 g/mol. The zero-order valence-corrected chi connectivity index (χ0v) is 12.2. The molecule has 0 aliphatic carbocycles. The smallest absolute Gasteiger partial charge is 0.341 e. The molecule has 7 nitrogen and oxygen atoms in total. The number of carbonyl (C=O) groups excluding carboxylic acids is 1. The number of rotatable bonds is 5. The van der Waals surface area contributed by atoms with Crippen LogP contribution in [-0.2, 0) is 4.79 Å². The Morgan fingerprint density at radius 1 is 1.35 bits per heavy atom. The highest BCUT2D eigenvalue weighted by atomic mass is 35.5. The predicted molar refractivity (Wildman–Crippen MR) is 79.1 cm³/mol. The second-order valence-electron chi connectivity index (χ2n) is 4.30. The third-order valence-corrected chi connectivity index (χ3v) is 2.92. The largest absolute Gasteiger partial charge is 0.477 e. The van der Waals surface area contributed by atoms with Gasteiger partial charge in [0.15, 0.2) is 6.61 Å². The van der Waals surface area contributed by atoms with Gasteiger partial charge in [-0.05, 0) is 30.3 Å². The van der Waals surface area contributed by atoms with Gasteiger partial charge in [-0.1, -0.05) is 11.6 Å². The standard InChI is InChI=1S/C14H10ClFN2O5/c15-8-3-4-11(10(16)6-8)17-12(19)7-23-18-5-1-2-9(13(18)20)14(21)22/h1-6H,7H2,(H,17,19)(H,21,22). The van der Waals surface area contributed by atoms with Crippen molar-refractivity contribution in [1.82, 2.24) is 4.73 Å². The van der Waals surface area contributed by atoms with Crippen molar-refractivity contribution in [3.63, 3.8) is 0 Å². The Kier molecular flexibility index (Phi) is 4.97. The summed E-state index contributed by atoms with van der Waals surface area (Å²) in [6.45, 7) is -0.620. The lowest BCUT2D eigenvalue weighted by atomic mass is 10.3. The first kappa shape index (κ1) is 16.5. The van der Waals surface area contributed by atoms with Crippen molar-refractivity contribution >= 4 is 29.2 Å². The van der Waals surface area contributed by atoms with E-state index < -0.39 is 35.4 Å². The number of benzene rings is 1. The van der Waals surface area contributed by atoms with Crippen LogP contribution in [0.25, 0.3) is 0 Å². The van der Waals surface area contributed by atoms with E-state index >= 15 is 0 Å². The van der Waals surface area contributed by atoms with Crippen molar-refractivity contribution < 1.29 is 23.9 Å². The third-order valence-electron chi connectivity index (χ3n) is 2.69. The van der Waals surface area contributed by atoms with Gasteiger partial charge in [-0.3, -0.25) is 9.59 Å². The van der Waals surface area contributed by atoms with Crippen molar-refractivity contribution in [1.29, 1.82) is 0 Å². The number of carboxylic acid groups (broad SMARTS) is 1. The van der Waals surface area contributed by atoms with E-state index in [2.05, 4.69) is 5.32 Å². The van der Waals surface area contributed by atoms with Crippen LogP contribution in [0.15, 0.2) is 41.3 Å². The van der Waals surface area contributed by atoms with Crippen LogP contribution in [0.5, 0.6) is 0 Å². The monoisotopic (exact) mass is 340 g/mol. The molecule has 23 heavy (non-hydrogen) atoms. The van der Waals surface area contributed by atoms with Gasteiger partial charge < -0.3 is 15.3 Å². The first-order chi connectivity index (χ1) is 10.9. The van der Waals surface area contributed by atoms with Crippen molar-refractivity contribution in [2.45, 2.75) is 0 Å². The summed E-state index contributed by atoms with van der Waals surface area (Å²) in [6.07, 6.45) is 1.16. The lowest BCUT2D eigenvalue weighted by molar-refractivity contribution is -0.121. The van der Waals surface area contributed by atoms with Gasteiger partial charge in [-0.25, -0.2) is 9.18 Å². The van der Waals surface area contributed by atoms with Crippen LogP contribution in [0.2, 0.25) is 5.02 Å². The maximum absolute atomic E-state index is 13.5. The minimum atomic E-state index is -1.42. The first-order valence-electron chi connectivity index (χ1n) is 6.21. The van der Waals surface area contributed by atoms with Crippen molar-refractivity contribution in [2.24, 2.45) is 0 Å². The third kappa shape index (κ3) is 4.07. The topological polar surface area (TPSA) is 97.6 Å². The summed E-state index contributed by atoms with van der Waals surface area (Å²) in [5.41, 5.74) is -1.53. The summed E-state index contributed by atoms with van der Waals surface area (Å²) >= 11 is 5.59. The fraction of sp³-hybridized carbons (Fsp3) is 0.0714. The molecule has 0 atom stereocenters. The van der Waals surface area contributed by atoms with E-state index in [0.29, 0.717) is 4.73 Å². The molecule has 0 bridgehead atoms. The van der Waals surface area contributed by atoms with E-state index in [9.17, 15) is 18.8 Å². The molecule has 0 spiro atoms. The number of aromatic carboxylic acids is 1. The molecule has 1 aromatic heterocycles. The van der Waals surface area contributed by atoms with Crippen molar-refractivity contribution in [3.05, 3.63) is 63.3 Å². The van der Waals surface area contributed by atoms with E-state index in [1.165, 1.54) is 18.2 Å². The molecule has 2 N–H and O–H groups in total. The predicted octanol–water partition coefficient (Wildman–Crippen LogP) is 1.41. The van der Waals surface area contributed by atoms with Gasteiger partial charge >= 0.3 is 5.97 Å². The van der Waals surface area contributed by atoms with Gasteiger partial charge in [0.25, 0.3) is 11.5 Å². The molecule has 9 heteroatoms. The van der Waals surface area contributed by atoms with Gasteiger partial charge in [-0.15, -0.1) is 0 Å². The van der Waals surface area contributed by atoms with E-state index in [1.807, 2.05) is 0 Å². The molecule has 1 aromatic carbocycles. The Labute approximate surface area is 133 Å². The van der Waals surface area contributed by atoms with Gasteiger partial charge in [-0.2, -0.15) is 4.73 Å². The molecule has 2 aromatic rings. The van der Waals surface area contributed by atoms with E-state index in [0.717, 1.165) is 18.3 Å². The summed E-state index contributed by atoms with van der Waals surface area (Å²) in [6, 6.07) is 6.07. The second kappa shape index (κ2) is 6.93. The maximum Gasteiger partial charge on any atom is 0.341 e. The van der Waals surface area contributed by atoms with Gasteiger partial charge in [0.05, 0.1) is 5.69 Å². The molecule has 0 saturated heterocycles. The number of anilines is 1. The van der Waals surface area contributed by atoms with Crippen molar-refractivity contribution in [2.75, 3.05) is 11.9 Å². The van der Waals surface area contributed by atoms with Gasteiger partial charge in [0.1, 0.15) is 11.4 Å². The van der Waals surface area contributed by atoms with Crippen LogP contribution >= 0.6 is 11.6 Å². The summed E-state index contributed by atoms with van der Waals surface area (Å²) in [5, 5.41) is 11.2. The minimum absolute atomic E-state index is 0.102. The molecule has 0 aliphatic rings. The molecule has 0 radical (unpaired) electrons. The van der Waals surface area contributed by atoms with E-state index in [4.69, 9.17) is 21.5 Å². The normalized spacial score (nSPS) is 10.2. The zero-order chi connectivity index (χ0) is 17.0. The van der Waals surface area contributed by atoms with Gasteiger partial charge in [0.2, 0.25) is 0 Å². The van der Waals surface area contributed by atoms with Crippen molar-refractivity contribution in [3.8, 4) is 0 Å². The molecule has 1 heterocycles. The number of aromatic nitrogens is 1. The number of pyridine rings is 1. The highest BCUT2D eigenvalue weighted by Gasteiger charge is 2.12. The number of carbonyl (C=O) groups is 2. The summed E-state index contributed by atoms with van der Waals surface area (Å²) < 4.78 is 14.1. The second-order valence-corrected chi connectivity index (χ2v) is 4.74. The fourth-order valence-electron chi connectivity index (χ4n) is 1.64. The average Bonchev–Trinajstić information content (AvgIpc) is 2.49. The first-order valence-corrected chi connectivity index (χ1v) is 6.59. The molecule has 0 aliphatic heterocycles. The zero-order valence-electron chi connectivity index (χ0n) is 11.5. The SMILES string of the molecule is O=C(COn1cccc(C(=O)O)c1=O)Nc1ccc(Cl)cc1F. The van der Waals surface area contributed by atoms with E-state index in [1.54, 1.807) is 0 Å². The number of nitrogens with one attached hydrogen (secondary N) is 1. The number of hydrogen-bond acceptors (Lipinski definition) is 4. The number of hydrogen-bond donors (Lipinski definition) is 2. The van der Waals surface area contributed by atoms with Crippen LogP contribution < -0.4 is 15.7 Å². The summed E-state index contributed by atoms with van der Waals surface area (Å²) in [4.78, 5) is 39.1. The Hall–Kier alpha value is -2.87. The van der Waals surface area contributed by atoms with Crippen LogP contribution in [0, 0.1) is 5.82 Å². The lowest BCUT2D eigenvalue weighted by Gasteiger charge is -2.10. The summed E-state index contributed by atoms with van der Waals surface area (Å²) in [5.74, 6) is -2.88. The molecule has 1 amide bonds. The number of carboxylic acids is 1. The quantitative estimate of drug-likeness (QED) is 0.857. The number of amides is 1. The maximum atomic E-state index is 13.5. The molecule has 0 saturated carbocycles. The lowest BCUT2D eigenvalue weighted by Crippen LogP contribution is -2.34. The fourth-order valence-corrected chi connectivity index (χ4v) is 1.80. The van der Waals surface area contributed by atoms with E-state index in [-0.39, 0.29) is 10.7 Å². The van der Waals surface area contributed by atoms with Crippen LogP contribution in [0.3, 0.4) is 0 Å². The average molecular weight is 341 g/mol. The van der Waals surface area contributed by atoms with Gasteiger partial charge in [0, 0.05) is 11.2 Å². The molecular formula is C14H10ClFN2O5. The Balaban J connectivity index is 2.04. The number of nitrogens with zero attached hydrogens (tertiary/aromatic N) is 1. The van der Waals surface area contributed by atoms with Crippen LogP contribution in [-0.4, -0.2) is 28.3 Å². The Morgan fingerprint density at radius 2 is 2.09 bits per heavy atom. The Bertz CT molecular complexity index is 821. The molecule has 0 fully saturated rings.